The number of nitrogens with zero attached hydrogens (tertiary/aromatic N) is 1. The maximum Gasteiger partial charge on any atom is 0.256 e. The first-order valence-electron chi connectivity index (χ1n) is 5.12. The van der Waals surface area contributed by atoms with Gasteiger partial charge in [0.2, 0.25) is 0 Å². The molecule has 0 saturated heterocycles. The van der Waals surface area contributed by atoms with Crippen molar-refractivity contribution in [1.82, 2.24) is 5.32 Å². The topological polar surface area (TPSA) is 52.9 Å². The molecule has 1 rings (SSSR count). The molecular weight excluding hydrogens is 287 g/mol. The third-order valence-corrected chi connectivity index (χ3v) is 2.94. The average Bonchev–Trinajstić information content (AvgIpc) is 2.25. The molecule has 1 aromatic carbocycles. The molecule has 17 heavy (non-hydrogen) atoms. The van der Waals surface area contributed by atoms with Gasteiger partial charge in [0.05, 0.1) is 11.6 Å². The summed E-state index contributed by atoms with van der Waals surface area (Å²) in [6.07, 6.45) is 0. The van der Waals surface area contributed by atoms with Crippen molar-refractivity contribution >= 4 is 21.8 Å². The number of benzene rings is 1. The van der Waals surface area contributed by atoms with Crippen molar-refractivity contribution in [2.24, 2.45) is 5.92 Å². The van der Waals surface area contributed by atoms with Crippen LogP contribution in [0.3, 0.4) is 0 Å². The molecule has 0 saturated carbocycles. The molecule has 1 unspecified atom stereocenters. The molecule has 0 bridgehead atoms. The van der Waals surface area contributed by atoms with Crippen LogP contribution in [0.4, 0.5) is 4.39 Å². The molecule has 0 aliphatic carbocycles. The van der Waals surface area contributed by atoms with Gasteiger partial charge in [0.15, 0.2) is 0 Å². The van der Waals surface area contributed by atoms with Crippen molar-refractivity contribution in [3.05, 3.63) is 34.1 Å². The second kappa shape index (κ2) is 5.78. The lowest BCUT2D eigenvalue weighted by atomic mass is 10.1. The van der Waals surface area contributed by atoms with Crippen molar-refractivity contribution in [2.75, 3.05) is 0 Å². The van der Waals surface area contributed by atoms with E-state index >= 15 is 0 Å². The standard InChI is InChI=1S/C12H12BrFN2O/c1-7(2)10(6-15)16-12(17)11-8(13)4-3-5-9(11)14/h3-5,7,10H,1-2H3,(H,16,17). The summed E-state index contributed by atoms with van der Waals surface area (Å²) in [7, 11) is 0. The first-order valence-corrected chi connectivity index (χ1v) is 5.91. The summed E-state index contributed by atoms with van der Waals surface area (Å²) in [5.41, 5.74) is -0.0756. The van der Waals surface area contributed by atoms with Crippen LogP contribution in [0.2, 0.25) is 0 Å². The van der Waals surface area contributed by atoms with Crippen LogP contribution < -0.4 is 5.32 Å². The summed E-state index contributed by atoms with van der Waals surface area (Å²) in [6, 6.07) is 5.62. The average molecular weight is 299 g/mol. The number of hydrogen-bond donors (Lipinski definition) is 1. The highest BCUT2D eigenvalue weighted by molar-refractivity contribution is 9.10. The Morgan fingerprint density at radius 2 is 2.18 bits per heavy atom. The van der Waals surface area contributed by atoms with Crippen molar-refractivity contribution in [3.8, 4) is 6.07 Å². The highest BCUT2D eigenvalue weighted by Crippen LogP contribution is 2.19. The maximum absolute atomic E-state index is 13.5. The Morgan fingerprint density at radius 3 is 2.65 bits per heavy atom. The normalized spacial score (nSPS) is 12.0. The van der Waals surface area contributed by atoms with Gasteiger partial charge in [-0.15, -0.1) is 0 Å². The molecule has 0 fully saturated rings. The molecule has 0 aliphatic heterocycles. The first kappa shape index (κ1) is 13.7. The fourth-order valence-electron chi connectivity index (χ4n) is 1.28. The van der Waals surface area contributed by atoms with E-state index in [2.05, 4.69) is 21.2 Å². The second-order valence-electron chi connectivity index (χ2n) is 3.92. The Hall–Kier alpha value is -1.41. The lowest BCUT2D eigenvalue weighted by Gasteiger charge is -2.15. The maximum atomic E-state index is 13.5. The molecule has 90 valence electrons. The lowest BCUT2D eigenvalue weighted by Crippen LogP contribution is -2.37. The van der Waals surface area contributed by atoms with Crippen LogP contribution in [-0.2, 0) is 0 Å². The molecule has 0 radical (unpaired) electrons. The molecule has 3 nitrogen and oxygen atoms in total. The summed E-state index contributed by atoms with van der Waals surface area (Å²) < 4.78 is 13.9. The number of carbonyl (C=O) groups is 1. The van der Waals surface area contributed by atoms with E-state index in [0.29, 0.717) is 4.47 Å². The van der Waals surface area contributed by atoms with Gasteiger partial charge in [-0.25, -0.2) is 4.39 Å². The number of nitriles is 1. The van der Waals surface area contributed by atoms with Crippen molar-refractivity contribution < 1.29 is 9.18 Å². The Morgan fingerprint density at radius 1 is 1.53 bits per heavy atom. The van der Waals surface area contributed by atoms with Crippen molar-refractivity contribution in [1.29, 1.82) is 5.26 Å². The van der Waals surface area contributed by atoms with Crippen molar-refractivity contribution in [2.45, 2.75) is 19.9 Å². The summed E-state index contributed by atoms with van der Waals surface area (Å²) in [5, 5.41) is 11.4. The minimum absolute atomic E-state index is 0.0329. The van der Waals surface area contributed by atoms with Gasteiger partial charge in [0, 0.05) is 4.47 Å². The minimum atomic E-state index is -0.631. The van der Waals surface area contributed by atoms with E-state index in [4.69, 9.17) is 5.26 Å². The van der Waals surface area contributed by atoms with Crippen LogP contribution in [0.5, 0.6) is 0 Å². The second-order valence-corrected chi connectivity index (χ2v) is 4.78. The molecule has 1 amide bonds. The predicted molar refractivity (Wildman–Crippen MR) is 65.8 cm³/mol. The van der Waals surface area contributed by atoms with Gasteiger partial charge in [-0.3, -0.25) is 4.79 Å². The van der Waals surface area contributed by atoms with E-state index in [1.807, 2.05) is 19.9 Å². The van der Waals surface area contributed by atoms with E-state index in [9.17, 15) is 9.18 Å². The zero-order valence-electron chi connectivity index (χ0n) is 9.50. The molecule has 1 aromatic rings. The third-order valence-electron chi connectivity index (χ3n) is 2.28. The van der Waals surface area contributed by atoms with Gasteiger partial charge in [0.1, 0.15) is 11.9 Å². The zero-order valence-corrected chi connectivity index (χ0v) is 11.1. The van der Waals surface area contributed by atoms with Gasteiger partial charge in [-0.05, 0) is 34.0 Å². The molecule has 0 aromatic heterocycles. The lowest BCUT2D eigenvalue weighted by molar-refractivity contribution is 0.0932. The number of carbonyl (C=O) groups excluding carboxylic acids is 1. The fourth-order valence-corrected chi connectivity index (χ4v) is 1.80. The number of rotatable bonds is 3. The van der Waals surface area contributed by atoms with Crippen LogP contribution in [0.15, 0.2) is 22.7 Å². The van der Waals surface area contributed by atoms with E-state index in [0.717, 1.165) is 0 Å². The van der Waals surface area contributed by atoms with Crippen LogP contribution in [0, 0.1) is 23.1 Å². The largest absolute Gasteiger partial charge is 0.336 e. The number of amides is 1. The first-order chi connectivity index (χ1) is 7.97. The Kier molecular flexibility index (Phi) is 4.64. The van der Waals surface area contributed by atoms with Crippen LogP contribution >= 0.6 is 15.9 Å². The fraction of sp³-hybridized carbons (Fsp3) is 0.333. The highest BCUT2D eigenvalue weighted by Gasteiger charge is 2.20. The van der Waals surface area contributed by atoms with Gasteiger partial charge >= 0.3 is 0 Å². The molecule has 0 heterocycles. The molecule has 5 heteroatoms. The number of hydrogen-bond acceptors (Lipinski definition) is 2. The molecular formula is C12H12BrFN2O. The van der Waals surface area contributed by atoms with E-state index in [-0.39, 0.29) is 11.5 Å². The predicted octanol–water partition coefficient (Wildman–Crippen LogP) is 2.87. The van der Waals surface area contributed by atoms with E-state index in [1.54, 1.807) is 6.07 Å². The van der Waals surface area contributed by atoms with E-state index < -0.39 is 17.8 Å². The smallest absolute Gasteiger partial charge is 0.256 e. The van der Waals surface area contributed by atoms with Crippen LogP contribution in [-0.4, -0.2) is 11.9 Å². The minimum Gasteiger partial charge on any atom is -0.336 e. The number of nitrogens with one attached hydrogen (secondary N) is 1. The van der Waals surface area contributed by atoms with Crippen molar-refractivity contribution in [3.63, 3.8) is 0 Å². The summed E-state index contributed by atoms with van der Waals surface area (Å²) in [4.78, 5) is 11.8. The zero-order chi connectivity index (χ0) is 13.0. The quantitative estimate of drug-likeness (QED) is 0.933. The molecule has 0 spiro atoms. The third kappa shape index (κ3) is 3.27. The highest BCUT2D eigenvalue weighted by atomic mass is 79.9. The monoisotopic (exact) mass is 298 g/mol. The molecule has 1 N–H and O–H groups in total. The molecule has 0 aliphatic rings. The van der Waals surface area contributed by atoms with Gasteiger partial charge in [-0.1, -0.05) is 19.9 Å². The number of halogens is 2. The van der Waals surface area contributed by atoms with Crippen LogP contribution in [0.25, 0.3) is 0 Å². The SMILES string of the molecule is CC(C)C(C#N)NC(=O)c1c(F)cccc1Br. The molecule has 1 atom stereocenters. The summed E-state index contributed by atoms with van der Waals surface area (Å²) >= 11 is 3.11. The summed E-state index contributed by atoms with van der Waals surface area (Å²) in [5.74, 6) is -1.23. The Bertz CT molecular complexity index is 448. The Labute approximate surface area is 108 Å². The van der Waals surface area contributed by atoms with Gasteiger partial charge < -0.3 is 5.32 Å². The van der Waals surface area contributed by atoms with Gasteiger partial charge in [-0.2, -0.15) is 5.26 Å². The van der Waals surface area contributed by atoms with E-state index in [1.165, 1.54) is 12.1 Å². The summed E-state index contributed by atoms with van der Waals surface area (Å²) in [6.45, 7) is 3.62. The van der Waals surface area contributed by atoms with Crippen LogP contribution in [0.1, 0.15) is 24.2 Å². The van der Waals surface area contributed by atoms with Gasteiger partial charge in [0.25, 0.3) is 5.91 Å². The Balaban J connectivity index is 2.95.